The number of amides is 3. The molecule has 3 aliphatic rings. The number of nitrogens with zero attached hydrogens (tertiary/aromatic N) is 5. The van der Waals surface area contributed by atoms with Gasteiger partial charge >= 0.3 is 0 Å². The zero-order valence-corrected chi connectivity index (χ0v) is 29.8. The molecule has 272 valence electrons. The highest BCUT2D eigenvalue weighted by atomic mass is 32.2. The summed E-state index contributed by atoms with van der Waals surface area (Å²) in [5.41, 5.74) is 7.38. The van der Waals surface area contributed by atoms with Gasteiger partial charge in [-0.3, -0.25) is 19.1 Å². The van der Waals surface area contributed by atoms with Crippen LogP contribution in [0, 0.1) is 11.8 Å². The highest BCUT2D eigenvalue weighted by molar-refractivity contribution is 7.91. The van der Waals surface area contributed by atoms with Gasteiger partial charge in [0, 0.05) is 30.1 Å². The fourth-order valence-corrected chi connectivity index (χ4v) is 7.79. The van der Waals surface area contributed by atoms with Crippen molar-refractivity contribution in [2.24, 2.45) is 17.6 Å². The van der Waals surface area contributed by atoms with E-state index in [2.05, 4.69) is 31.5 Å². The molecule has 4 N–H and O–H groups in total. The first-order valence-electron chi connectivity index (χ1n) is 17.6. The predicted molar refractivity (Wildman–Crippen MR) is 191 cm³/mol. The lowest BCUT2D eigenvalue weighted by Crippen LogP contribution is -2.49. The van der Waals surface area contributed by atoms with Crippen molar-refractivity contribution in [2.75, 3.05) is 19.0 Å². The number of primary amides is 1. The molecule has 0 radical (unpaired) electrons. The number of anilines is 1. The van der Waals surface area contributed by atoms with Gasteiger partial charge < -0.3 is 20.7 Å². The molecule has 1 aliphatic heterocycles. The van der Waals surface area contributed by atoms with E-state index < -0.39 is 38.7 Å². The number of carbonyl (C=O) groups is 3. The van der Waals surface area contributed by atoms with Crippen molar-refractivity contribution in [1.82, 2.24) is 29.8 Å². The van der Waals surface area contributed by atoms with Gasteiger partial charge in [0.25, 0.3) is 0 Å². The van der Waals surface area contributed by atoms with Gasteiger partial charge in [-0.05, 0) is 93.0 Å². The maximum Gasteiger partial charge on any atom is 0.245 e. The summed E-state index contributed by atoms with van der Waals surface area (Å²) in [6, 6.07) is 15.0. The van der Waals surface area contributed by atoms with Gasteiger partial charge in [0.05, 0.1) is 17.9 Å². The van der Waals surface area contributed by atoms with Gasteiger partial charge in [-0.2, -0.15) is 4.80 Å². The molecule has 2 heterocycles. The zero-order valence-electron chi connectivity index (χ0n) is 29.0. The molecule has 6 rings (SSSR count). The minimum atomic E-state index is -3.61. The number of rotatable bonds is 17. The van der Waals surface area contributed by atoms with Crippen LogP contribution in [0.2, 0.25) is 0 Å². The molecule has 3 amide bonds. The van der Waals surface area contributed by atoms with E-state index >= 15 is 0 Å². The average molecular weight is 719 g/mol. The molecular formula is C36H46N8O6S. The van der Waals surface area contributed by atoms with Crippen molar-refractivity contribution in [3.05, 3.63) is 66.7 Å². The van der Waals surface area contributed by atoms with E-state index in [0.29, 0.717) is 37.3 Å². The maximum atomic E-state index is 14.1. The number of unbranched alkanes of at least 4 members (excludes halogenated alkanes) is 3. The van der Waals surface area contributed by atoms with Crippen LogP contribution in [-0.4, -0.2) is 81.7 Å². The quantitative estimate of drug-likeness (QED) is 0.137. The third kappa shape index (κ3) is 8.58. The Labute approximate surface area is 298 Å². The molecule has 3 fully saturated rings. The molecule has 5 unspecified atom stereocenters. The van der Waals surface area contributed by atoms with Crippen molar-refractivity contribution in [2.45, 2.75) is 87.6 Å². The number of carbonyl (C=O) groups excluding carboxylic acids is 3. The second kappa shape index (κ2) is 15.2. The van der Waals surface area contributed by atoms with E-state index in [1.807, 2.05) is 60.7 Å². The third-order valence-electron chi connectivity index (χ3n) is 10.2. The number of likely N-dealkylation sites (tertiary alicyclic amines) is 1. The van der Waals surface area contributed by atoms with Crippen LogP contribution in [0.25, 0.3) is 11.4 Å². The number of methoxy groups -OCH3 is 1. The number of nitrogens with two attached hydrogens (primary N) is 1. The highest BCUT2D eigenvalue weighted by Gasteiger charge is 2.52. The zero-order chi connectivity index (χ0) is 36.2. The van der Waals surface area contributed by atoms with Gasteiger partial charge in [-0.1, -0.05) is 43.2 Å². The lowest BCUT2D eigenvalue weighted by molar-refractivity contribution is -0.138. The first-order valence-corrected chi connectivity index (χ1v) is 19.0. The molecule has 3 aromatic rings. The number of ether oxygens (including phenoxy) is 1. The van der Waals surface area contributed by atoms with Crippen LogP contribution in [0.4, 0.5) is 5.69 Å². The summed E-state index contributed by atoms with van der Waals surface area (Å²) in [4.78, 5) is 42.2. The Balaban J connectivity index is 1.02. The summed E-state index contributed by atoms with van der Waals surface area (Å²) in [6.07, 6.45) is 10.1. The number of allylic oxidation sites excluding steroid dienone is 2. The predicted octanol–water partition coefficient (Wildman–Crippen LogP) is 3.60. The summed E-state index contributed by atoms with van der Waals surface area (Å²) < 4.78 is 31.4. The monoisotopic (exact) mass is 718 g/mol. The summed E-state index contributed by atoms with van der Waals surface area (Å²) in [7, 11) is -2.02. The van der Waals surface area contributed by atoms with Gasteiger partial charge in [0.15, 0.2) is 0 Å². The molecule has 0 spiro atoms. The number of hydrogen-bond donors (Lipinski definition) is 3. The Morgan fingerprint density at radius 1 is 1.06 bits per heavy atom. The Hall–Kier alpha value is -4.79. The minimum absolute atomic E-state index is 0.0635. The van der Waals surface area contributed by atoms with E-state index in [0.717, 1.165) is 36.9 Å². The molecule has 5 atom stereocenters. The van der Waals surface area contributed by atoms with E-state index in [1.165, 1.54) is 4.80 Å². The van der Waals surface area contributed by atoms with Crippen LogP contribution in [0.1, 0.15) is 70.8 Å². The average Bonchev–Trinajstić information content (AvgIpc) is 3.95. The summed E-state index contributed by atoms with van der Waals surface area (Å²) in [5.74, 6) is -0.294. The van der Waals surface area contributed by atoms with Crippen LogP contribution in [0.15, 0.2) is 66.7 Å². The first-order chi connectivity index (χ1) is 24.5. The van der Waals surface area contributed by atoms with Gasteiger partial charge in [-0.15, -0.1) is 10.2 Å². The number of sulfonamides is 1. The second-order valence-electron chi connectivity index (χ2n) is 14.0. The van der Waals surface area contributed by atoms with Gasteiger partial charge in [0.2, 0.25) is 33.6 Å². The number of hydrogen-bond acceptors (Lipinski definition) is 10. The fraction of sp³-hybridized carbons (Fsp3) is 0.500. The number of aromatic nitrogens is 4. The fourth-order valence-electron chi connectivity index (χ4n) is 6.49. The largest absolute Gasteiger partial charge is 0.497 e. The lowest BCUT2D eigenvalue weighted by atomic mass is 10.0. The van der Waals surface area contributed by atoms with Crippen molar-refractivity contribution >= 4 is 33.4 Å². The van der Waals surface area contributed by atoms with Crippen molar-refractivity contribution < 1.29 is 27.5 Å². The van der Waals surface area contributed by atoms with Crippen molar-refractivity contribution in [3.63, 3.8) is 0 Å². The standard InChI is InChI=1S/C36H46N8O6S/c1-36(19-20-36)51(48,49)41-34(46)29-21-25(29)11-7-4-3-5-10-14-30(38-26-12-8-6-9-13-26)35(47)43-23-27(22-31(43)32(37)45)44-40-33(39-42-44)24-15-17-28(50-2)18-16-24/h6-9,11-13,15-18,25,27,29-31,38H,3-5,10,14,19-23H2,1-2H3,(H2,37,45)(H,41,46). The number of benzene rings is 2. The van der Waals surface area contributed by atoms with Crippen LogP contribution in [0.3, 0.4) is 0 Å². The van der Waals surface area contributed by atoms with Crippen LogP contribution in [-0.2, 0) is 24.4 Å². The molecule has 51 heavy (non-hydrogen) atoms. The SMILES string of the molecule is COc1ccc(-c2nnn(C3CC(C(N)=O)N(C(=O)C(CCCCCC=CC4CC4C(=O)NS(=O)(=O)C4(C)CC4)Nc4ccccc4)C3)n2)cc1. The van der Waals surface area contributed by atoms with Gasteiger partial charge in [-0.25, -0.2) is 8.42 Å². The lowest BCUT2D eigenvalue weighted by Gasteiger charge is -2.28. The number of para-hydroxylation sites is 1. The highest BCUT2D eigenvalue weighted by Crippen LogP contribution is 2.44. The van der Waals surface area contributed by atoms with Crippen LogP contribution >= 0.6 is 0 Å². The van der Waals surface area contributed by atoms with E-state index in [9.17, 15) is 22.8 Å². The second-order valence-corrected chi connectivity index (χ2v) is 16.2. The topological polar surface area (TPSA) is 192 Å². The third-order valence-corrected chi connectivity index (χ3v) is 12.3. The maximum absolute atomic E-state index is 14.1. The Morgan fingerprint density at radius 2 is 1.80 bits per heavy atom. The Morgan fingerprint density at radius 3 is 2.49 bits per heavy atom. The van der Waals surface area contributed by atoms with E-state index in [4.69, 9.17) is 10.5 Å². The molecule has 1 aromatic heterocycles. The molecule has 2 aliphatic carbocycles. The summed E-state index contributed by atoms with van der Waals surface area (Å²) in [5, 5.41) is 16.4. The van der Waals surface area contributed by atoms with E-state index in [-0.39, 0.29) is 36.8 Å². The molecule has 2 aromatic carbocycles. The molecule has 2 saturated carbocycles. The molecule has 15 heteroatoms. The minimum Gasteiger partial charge on any atom is -0.497 e. The normalized spacial score (nSPS) is 22.7. The summed E-state index contributed by atoms with van der Waals surface area (Å²) >= 11 is 0. The van der Waals surface area contributed by atoms with Crippen molar-refractivity contribution in [3.8, 4) is 17.1 Å². The van der Waals surface area contributed by atoms with E-state index in [1.54, 1.807) is 18.9 Å². The Bertz CT molecular complexity index is 1840. The van der Waals surface area contributed by atoms with Crippen LogP contribution in [0.5, 0.6) is 5.75 Å². The van der Waals surface area contributed by atoms with Crippen molar-refractivity contribution in [1.29, 1.82) is 0 Å². The smallest absolute Gasteiger partial charge is 0.245 e. The Kier molecular flexibility index (Phi) is 10.7. The molecule has 1 saturated heterocycles. The molecular weight excluding hydrogens is 673 g/mol. The summed E-state index contributed by atoms with van der Waals surface area (Å²) in [6.45, 7) is 1.88. The first kappa shape index (κ1) is 36.0. The molecule has 0 bridgehead atoms. The number of tetrazole rings is 1. The number of nitrogens with one attached hydrogen (secondary N) is 2. The molecule has 14 nitrogen and oxygen atoms in total. The van der Waals surface area contributed by atoms with Gasteiger partial charge in [0.1, 0.15) is 17.8 Å². The van der Waals surface area contributed by atoms with Crippen LogP contribution < -0.4 is 20.5 Å².